The molecule has 0 bridgehead atoms. The summed E-state index contributed by atoms with van der Waals surface area (Å²) in [6.07, 6.45) is 2.28. The first-order valence-corrected chi connectivity index (χ1v) is 22.1. The Morgan fingerprint density at radius 1 is 0.565 bits per heavy atom. The molecule has 6 N–H and O–H groups in total. The number of hydrogen-bond acceptors (Lipinski definition) is 15. The van der Waals surface area contributed by atoms with Crippen LogP contribution in [0.15, 0.2) is 100 Å². The van der Waals surface area contributed by atoms with E-state index in [1.165, 1.54) is 6.33 Å². The summed E-state index contributed by atoms with van der Waals surface area (Å²) in [4.78, 5) is 42.0. The number of hydrogen-bond donors (Lipinski definition) is 6. The molecule has 0 aliphatic heterocycles. The average molecular weight is 957 g/mol. The number of fused-ring (bicyclic) bond motifs is 2. The number of carbonyl (C=O) groups excluding carboxylic acids is 2. The van der Waals surface area contributed by atoms with Gasteiger partial charge in [-0.1, -0.05) is 58.8 Å². The van der Waals surface area contributed by atoms with Crippen LogP contribution < -0.4 is 46.1 Å². The lowest BCUT2D eigenvalue weighted by Crippen LogP contribution is -2.19. The molecule has 0 spiro atoms. The number of aryl methyl sites for hydroxylation is 1. The molecule has 0 aliphatic carbocycles. The Hall–Kier alpha value is -8.19. The molecule has 4 aromatic carbocycles. The summed E-state index contributed by atoms with van der Waals surface area (Å²) in [5.41, 5.74) is 4.84. The fourth-order valence-corrected chi connectivity index (χ4v) is 6.87. The second-order valence-electron chi connectivity index (χ2n) is 17.5. The van der Waals surface area contributed by atoms with Gasteiger partial charge >= 0.3 is 12.1 Å². The van der Waals surface area contributed by atoms with E-state index in [0.29, 0.717) is 63.2 Å². The van der Waals surface area contributed by atoms with Gasteiger partial charge in [-0.05, 0) is 90.3 Å². The van der Waals surface area contributed by atoms with Crippen LogP contribution in [0.5, 0.6) is 17.2 Å². The number of benzene rings is 4. The van der Waals surface area contributed by atoms with Crippen LogP contribution in [-0.4, -0.2) is 63.6 Å². The van der Waals surface area contributed by atoms with Gasteiger partial charge in [0.1, 0.15) is 35.2 Å². The Bertz CT molecular complexity index is 3090. The van der Waals surface area contributed by atoms with Crippen molar-refractivity contribution in [2.75, 3.05) is 53.2 Å². The van der Waals surface area contributed by atoms with Crippen molar-refractivity contribution >= 4 is 91.5 Å². The normalized spacial score (nSPS) is 11.3. The molecular weight excluding hydrogens is 904 g/mol. The van der Waals surface area contributed by atoms with Crippen LogP contribution in [0.4, 0.5) is 55.6 Å². The SMILES string of the molecule is CCc1cc2nc(Cl)nc(Nc3ccc(NC(=O)Nc4cc(C(C)(C)C)on4)cc3)c2cc1OC.COc1cc2ncnc(Nc3ccc(NC(=O)Nc4cc(C(C)(C)C)on4)cc3)c2cc1OC. The van der Waals surface area contributed by atoms with Crippen molar-refractivity contribution in [2.45, 2.75) is 65.7 Å². The fraction of sp³-hybridized carbons (Fsp3) is 0.265. The highest BCUT2D eigenvalue weighted by atomic mass is 35.5. The molecular formula is C49H53ClN12O7. The van der Waals surface area contributed by atoms with Crippen molar-refractivity contribution in [3.05, 3.63) is 114 Å². The Kier molecular flexibility index (Phi) is 14.7. The summed E-state index contributed by atoms with van der Waals surface area (Å²) in [7, 11) is 4.79. The van der Waals surface area contributed by atoms with Crippen molar-refractivity contribution in [1.29, 1.82) is 0 Å². The van der Waals surface area contributed by atoms with Gasteiger partial charge in [0, 0.05) is 62.6 Å². The monoisotopic (exact) mass is 956 g/mol. The van der Waals surface area contributed by atoms with Crippen LogP contribution in [0.3, 0.4) is 0 Å². The third kappa shape index (κ3) is 12.2. The number of halogens is 1. The minimum absolute atomic E-state index is 0.143. The van der Waals surface area contributed by atoms with Crippen LogP contribution in [0.1, 0.15) is 65.6 Å². The molecule has 4 heterocycles. The molecule has 358 valence electrons. The molecule has 8 rings (SSSR count). The topological polar surface area (TPSA) is 238 Å². The van der Waals surface area contributed by atoms with Gasteiger partial charge in [0.25, 0.3) is 0 Å². The summed E-state index contributed by atoms with van der Waals surface area (Å²) < 4.78 is 26.8. The maximum atomic E-state index is 12.4. The molecule has 20 heteroatoms. The summed E-state index contributed by atoms with van der Waals surface area (Å²) in [6, 6.07) is 24.5. The number of nitrogens with one attached hydrogen (secondary N) is 6. The zero-order chi connectivity index (χ0) is 49.5. The van der Waals surface area contributed by atoms with E-state index in [2.05, 4.69) is 69.1 Å². The van der Waals surface area contributed by atoms with E-state index < -0.39 is 12.1 Å². The van der Waals surface area contributed by atoms with Crippen molar-refractivity contribution < 1.29 is 32.8 Å². The maximum Gasteiger partial charge on any atom is 0.324 e. The van der Waals surface area contributed by atoms with E-state index in [0.717, 1.165) is 45.4 Å². The summed E-state index contributed by atoms with van der Waals surface area (Å²) in [5, 5.41) is 26.9. The number of anilines is 8. The van der Waals surface area contributed by atoms with Crippen molar-refractivity contribution in [3.63, 3.8) is 0 Å². The lowest BCUT2D eigenvalue weighted by Gasteiger charge is -2.13. The Morgan fingerprint density at radius 3 is 1.51 bits per heavy atom. The summed E-state index contributed by atoms with van der Waals surface area (Å²) in [6.45, 7) is 14.1. The number of rotatable bonds is 12. The Balaban J connectivity index is 0.000000204. The van der Waals surface area contributed by atoms with Crippen LogP contribution in [0, 0.1) is 0 Å². The molecule has 0 radical (unpaired) electrons. The quantitative estimate of drug-likeness (QED) is 0.0624. The minimum atomic E-state index is -0.424. The highest BCUT2D eigenvalue weighted by Gasteiger charge is 2.22. The van der Waals surface area contributed by atoms with Gasteiger partial charge in [-0.3, -0.25) is 10.6 Å². The second kappa shape index (κ2) is 20.8. The van der Waals surface area contributed by atoms with E-state index in [-0.39, 0.29) is 16.1 Å². The molecule has 0 atom stereocenters. The lowest BCUT2D eigenvalue weighted by molar-refractivity contribution is 0.261. The fourth-order valence-electron chi connectivity index (χ4n) is 6.69. The second-order valence-corrected chi connectivity index (χ2v) is 17.9. The number of aromatic nitrogens is 6. The van der Waals surface area contributed by atoms with E-state index >= 15 is 0 Å². The molecule has 4 aromatic heterocycles. The maximum absolute atomic E-state index is 12.4. The Labute approximate surface area is 403 Å². The summed E-state index contributed by atoms with van der Waals surface area (Å²) in [5.74, 6) is 5.18. The Morgan fingerprint density at radius 2 is 1.03 bits per heavy atom. The third-order valence-corrected chi connectivity index (χ3v) is 10.6. The predicted molar refractivity (Wildman–Crippen MR) is 268 cm³/mol. The van der Waals surface area contributed by atoms with Gasteiger partial charge in [-0.15, -0.1) is 0 Å². The molecule has 0 aliphatic rings. The predicted octanol–water partition coefficient (Wildman–Crippen LogP) is 11.8. The average Bonchev–Trinajstić information content (AvgIpc) is 4.00. The number of methoxy groups -OCH3 is 3. The van der Waals surface area contributed by atoms with E-state index in [1.54, 1.807) is 63.8 Å². The highest BCUT2D eigenvalue weighted by molar-refractivity contribution is 6.29. The first kappa shape index (κ1) is 48.7. The van der Waals surface area contributed by atoms with Crippen molar-refractivity contribution in [3.8, 4) is 17.2 Å². The van der Waals surface area contributed by atoms with Crippen LogP contribution in [0.2, 0.25) is 5.28 Å². The standard InChI is InChI=1S/C25H27ClN6O3.C24H26N6O4/c1-6-14-11-18-17(12-19(14)34-5)22(31-23(26)29-18)27-15-7-9-16(10-8-15)28-24(33)30-21-13-20(35-32-21)25(2,3)4;1-24(2,3)20-12-21(30-34-20)29-23(31)28-15-8-6-14(7-9-15)27-22-16-10-18(32-4)19(33-5)11-17(16)25-13-26-22/h7-13H,6H2,1-5H3,(H,27,29,31)(H2,28,30,32,33);6-13H,1-5H3,(H,25,26,27)(H2,28,29,30,31). The molecule has 0 saturated heterocycles. The number of carbonyl (C=O) groups is 2. The van der Waals surface area contributed by atoms with Crippen LogP contribution in [-0.2, 0) is 17.3 Å². The molecule has 0 saturated carbocycles. The van der Waals surface area contributed by atoms with Gasteiger partial charge in [-0.25, -0.2) is 24.5 Å². The molecule has 8 aromatic rings. The number of amides is 4. The van der Waals surface area contributed by atoms with Gasteiger partial charge < -0.3 is 44.5 Å². The van der Waals surface area contributed by atoms with Gasteiger partial charge in [0.2, 0.25) is 5.28 Å². The smallest absolute Gasteiger partial charge is 0.324 e. The van der Waals surface area contributed by atoms with E-state index in [4.69, 9.17) is 34.9 Å². The number of urea groups is 2. The van der Waals surface area contributed by atoms with Gasteiger partial charge in [0.05, 0.1) is 32.4 Å². The molecule has 4 amide bonds. The molecule has 0 unspecified atom stereocenters. The van der Waals surface area contributed by atoms with Gasteiger partial charge in [-0.2, -0.15) is 4.98 Å². The van der Waals surface area contributed by atoms with Gasteiger partial charge in [0.15, 0.2) is 23.1 Å². The molecule has 19 nitrogen and oxygen atoms in total. The number of ether oxygens (including phenoxy) is 3. The minimum Gasteiger partial charge on any atom is -0.496 e. The number of nitrogens with zero attached hydrogens (tertiary/aromatic N) is 6. The van der Waals surface area contributed by atoms with Crippen LogP contribution in [0.25, 0.3) is 21.8 Å². The zero-order valence-electron chi connectivity index (χ0n) is 39.8. The van der Waals surface area contributed by atoms with Crippen molar-refractivity contribution in [2.24, 2.45) is 0 Å². The molecule has 69 heavy (non-hydrogen) atoms. The lowest BCUT2D eigenvalue weighted by atomic mass is 9.93. The molecule has 0 fully saturated rings. The first-order valence-electron chi connectivity index (χ1n) is 21.7. The van der Waals surface area contributed by atoms with Crippen molar-refractivity contribution in [1.82, 2.24) is 30.2 Å². The van der Waals surface area contributed by atoms with E-state index in [9.17, 15) is 9.59 Å². The van der Waals surface area contributed by atoms with E-state index in [1.807, 2.05) is 84.0 Å². The third-order valence-electron chi connectivity index (χ3n) is 10.4. The highest BCUT2D eigenvalue weighted by Crippen LogP contribution is 2.35. The van der Waals surface area contributed by atoms with Crippen LogP contribution >= 0.6 is 11.6 Å². The zero-order valence-corrected chi connectivity index (χ0v) is 40.5. The first-order chi connectivity index (χ1) is 32.9. The largest absolute Gasteiger partial charge is 0.496 e. The summed E-state index contributed by atoms with van der Waals surface area (Å²) >= 11 is 6.17.